The van der Waals surface area contributed by atoms with E-state index in [4.69, 9.17) is 4.74 Å². The summed E-state index contributed by atoms with van der Waals surface area (Å²) in [5.74, 6) is 0. The Balaban J connectivity index is 2.23. The SMILES string of the molecule is COC(C)(C)CCNCc1cnc(C)cn1. The molecule has 0 amide bonds. The number of ether oxygens (including phenoxy) is 1. The zero-order chi connectivity index (χ0) is 12.0. The Bertz CT molecular complexity index is 309. The molecule has 4 heteroatoms. The van der Waals surface area contributed by atoms with Crippen molar-refractivity contribution in [2.24, 2.45) is 0 Å². The number of methoxy groups -OCH3 is 1. The molecule has 0 radical (unpaired) electrons. The van der Waals surface area contributed by atoms with E-state index in [0.29, 0.717) is 0 Å². The fraction of sp³-hybridized carbons (Fsp3) is 0.667. The Labute approximate surface area is 97.5 Å². The largest absolute Gasteiger partial charge is 0.379 e. The third kappa shape index (κ3) is 4.68. The maximum Gasteiger partial charge on any atom is 0.0724 e. The van der Waals surface area contributed by atoms with E-state index in [0.717, 1.165) is 30.9 Å². The predicted molar refractivity (Wildman–Crippen MR) is 64.2 cm³/mol. The molecule has 0 fully saturated rings. The molecular weight excluding hydrogens is 202 g/mol. The van der Waals surface area contributed by atoms with Crippen molar-refractivity contribution >= 4 is 0 Å². The highest BCUT2D eigenvalue weighted by molar-refractivity contribution is 5.00. The third-order valence-corrected chi connectivity index (χ3v) is 2.60. The number of rotatable bonds is 6. The van der Waals surface area contributed by atoms with E-state index in [1.54, 1.807) is 13.3 Å². The summed E-state index contributed by atoms with van der Waals surface area (Å²) < 4.78 is 5.34. The first-order valence-electron chi connectivity index (χ1n) is 5.57. The Kier molecular flexibility index (Phi) is 4.83. The quantitative estimate of drug-likeness (QED) is 0.745. The summed E-state index contributed by atoms with van der Waals surface area (Å²) in [5, 5.41) is 3.33. The predicted octanol–water partition coefficient (Wildman–Crippen LogP) is 1.69. The van der Waals surface area contributed by atoms with Crippen LogP contribution in [0.15, 0.2) is 12.4 Å². The number of hydrogen-bond acceptors (Lipinski definition) is 4. The first-order chi connectivity index (χ1) is 7.53. The summed E-state index contributed by atoms with van der Waals surface area (Å²) in [4.78, 5) is 8.47. The Hall–Kier alpha value is -1.00. The fourth-order valence-electron chi connectivity index (χ4n) is 1.22. The van der Waals surface area contributed by atoms with E-state index in [9.17, 15) is 0 Å². The molecule has 0 atom stereocenters. The van der Waals surface area contributed by atoms with E-state index in [-0.39, 0.29) is 5.60 Å². The molecule has 0 aliphatic heterocycles. The van der Waals surface area contributed by atoms with Crippen LogP contribution in [0.4, 0.5) is 0 Å². The maximum absolute atomic E-state index is 5.34. The van der Waals surface area contributed by atoms with Crippen LogP contribution in [0.3, 0.4) is 0 Å². The minimum Gasteiger partial charge on any atom is -0.379 e. The minimum atomic E-state index is -0.0635. The van der Waals surface area contributed by atoms with Crippen molar-refractivity contribution < 1.29 is 4.74 Å². The van der Waals surface area contributed by atoms with Crippen molar-refractivity contribution in [2.75, 3.05) is 13.7 Å². The van der Waals surface area contributed by atoms with Crippen LogP contribution in [0, 0.1) is 6.92 Å². The molecule has 1 N–H and O–H groups in total. The smallest absolute Gasteiger partial charge is 0.0724 e. The molecule has 1 heterocycles. The standard InChI is InChI=1S/C12H21N3O/c1-10-7-15-11(9-14-10)8-13-6-5-12(2,3)16-4/h7,9,13H,5-6,8H2,1-4H3. The number of aryl methyl sites for hydroxylation is 1. The van der Waals surface area contributed by atoms with Crippen LogP contribution in [0.5, 0.6) is 0 Å². The van der Waals surface area contributed by atoms with E-state index >= 15 is 0 Å². The van der Waals surface area contributed by atoms with Gasteiger partial charge in [-0.05, 0) is 33.7 Å². The molecule has 1 aromatic heterocycles. The van der Waals surface area contributed by atoms with Gasteiger partial charge in [0.15, 0.2) is 0 Å². The van der Waals surface area contributed by atoms with Gasteiger partial charge in [-0.1, -0.05) is 0 Å². The number of nitrogens with zero attached hydrogens (tertiary/aromatic N) is 2. The molecule has 0 aromatic carbocycles. The fourth-order valence-corrected chi connectivity index (χ4v) is 1.22. The normalized spacial score (nSPS) is 11.8. The molecule has 0 aliphatic carbocycles. The molecule has 0 bridgehead atoms. The van der Waals surface area contributed by atoms with Gasteiger partial charge in [0.1, 0.15) is 0 Å². The highest BCUT2D eigenvalue weighted by atomic mass is 16.5. The molecule has 1 aromatic rings. The van der Waals surface area contributed by atoms with Crippen molar-refractivity contribution in [3.8, 4) is 0 Å². The second-order valence-electron chi connectivity index (χ2n) is 4.54. The lowest BCUT2D eigenvalue weighted by Crippen LogP contribution is -2.28. The van der Waals surface area contributed by atoms with E-state index < -0.39 is 0 Å². The maximum atomic E-state index is 5.34. The van der Waals surface area contributed by atoms with Gasteiger partial charge >= 0.3 is 0 Å². The van der Waals surface area contributed by atoms with E-state index in [1.807, 2.05) is 13.1 Å². The van der Waals surface area contributed by atoms with E-state index in [1.165, 1.54) is 0 Å². The summed E-state index contributed by atoms with van der Waals surface area (Å²) in [7, 11) is 1.74. The summed E-state index contributed by atoms with van der Waals surface area (Å²) in [6.45, 7) is 7.77. The summed E-state index contributed by atoms with van der Waals surface area (Å²) in [6, 6.07) is 0. The van der Waals surface area contributed by atoms with Gasteiger partial charge in [0, 0.05) is 26.0 Å². The highest BCUT2D eigenvalue weighted by Crippen LogP contribution is 2.11. The summed E-state index contributed by atoms with van der Waals surface area (Å²) in [5.41, 5.74) is 1.86. The van der Waals surface area contributed by atoms with Crippen LogP contribution in [-0.2, 0) is 11.3 Å². The average molecular weight is 223 g/mol. The van der Waals surface area contributed by atoms with Crippen molar-refractivity contribution in [1.82, 2.24) is 15.3 Å². The molecule has 0 saturated heterocycles. The van der Waals surface area contributed by atoms with E-state index in [2.05, 4.69) is 29.1 Å². The highest BCUT2D eigenvalue weighted by Gasteiger charge is 2.14. The number of aromatic nitrogens is 2. The summed E-state index contributed by atoms with van der Waals surface area (Å²) in [6.07, 6.45) is 4.57. The average Bonchev–Trinajstić information content (AvgIpc) is 2.27. The van der Waals surface area contributed by atoms with Crippen molar-refractivity contribution in [3.63, 3.8) is 0 Å². The topological polar surface area (TPSA) is 47.0 Å². The van der Waals surface area contributed by atoms with Crippen molar-refractivity contribution in [1.29, 1.82) is 0 Å². The molecule has 90 valence electrons. The minimum absolute atomic E-state index is 0.0635. The molecule has 4 nitrogen and oxygen atoms in total. The molecule has 0 unspecified atom stereocenters. The monoisotopic (exact) mass is 223 g/mol. The van der Waals surface area contributed by atoms with Gasteiger partial charge in [0.05, 0.1) is 17.0 Å². The number of hydrogen-bond donors (Lipinski definition) is 1. The van der Waals surface area contributed by atoms with Crippen molar-refractivity contribution in [2.45, 2.75) is 39.3 Å². The van der Waals surface area contributed by atoms with Crippen LogP contribution in [-0.4, -0.2) is 29.2 Å². The first-order valence-corrected chi connectivity index (χ1v) is 5.57. The lowest BCUT2D eigenvalue weighted by Gasteiger charge is -2.22. The lowest BCUT2D eigenvalue weighted by molar-refractivity contribution is 0.0158. The molecule has 0 spiro atoms. The van der Waals surface area contributed by atoms with Crippen LogP contribution < -0.4 is 5.32 Å². The van der Waals surface area contributed by atoms with Gasteiger partial charge in [-0.2, -0.15) is 0 Å². The second kappa shape index (κ2) is 5.92. The van der Waals surface area contributed by atoms with Gasteiger partial charge < -0.3 is 10.1 Å². The molecule has 0 saturated carbocycles. The van der Waals surface area contributed by atoms with Crippen LogP contribution in [0.2, 0.25) is 0 Å². The van der Waals surface area contributed by atoms with Crippen LogP contribution in [0.25, 0.3) is 0 Å². The first kappa shape index (κ1) is 13.1. The van der Waals surface area contributed by atoms with Gasteiger partial charge in [-0.3, -0.25) is 9.97 Å². The lowest BCUT2D eigenvalue weighted by atomic mass is 10.1. The van der Waals surface area contributed by atoms with Crippen LogP contribution in [0.1, 0.15) is 31.7 Å². The second-order valence-corrected chi connectivity index (χ2v) is 4.54. The third-order valence-electron chi connectivity index (χ3n) is 2.60. The van der Waals surface area contributed by atoms with Crippen molar-refractivity contribution in [3.05, 3.63) is 23.8 Å². The molecule has 16 heavy (non-hydrogen) atoms. The Morgan fingerprint density at radius 2 is 2.06 bits per heavy atom. The van der Waals surface area contributed by atoms with Gasteiger partial charge in [0.2, 0.25) is 0 Å². The zero-order valence-electron chi connectivity index (χ0n) is 10.6. The van der Waals surface area contributed by atoms with Gasteiger partial charge in [0.25, 0.3) is 0 Å². The zero-order valence-corrected chi connectivity index (χ0v) is 10.6. The van der Waals surface area contributed by atoms with Gasteiger partial charge in [-0.25, -0.2) is 0 Å². The Morgan fingerprint density at radius 3 is 2.62 bits per heavy atom. The number of nitrogens with one attached hydrogen (secondary N) is 1. The van der Waals surface area contributed by atoms with Crippen LogP contribution >= 0.6 is 0 Å². The molecule has 0 aliphatic rings. The molecular formula is C12H21N3O. The van der Waals surface area contributed by atoms with Gasteiger partial charge in [-0.15, -0.1) is 0 Å². The molecule has 1 rings (SSSR count). The Morgan fingerprint density at radius 1 is 1.31 bits per heavy atom. The summed E-state index contributed by atoms with van der Waals surface area (Å²) >= 11 is 0.